The zero-order chi connectivity index (χ0) is 12.5. The van der Waals surface area contributed by atoms with Gasteiger partial charge in [-0.25, -0.2) is 0 Å². The van der Waals surface area contributed by atoms with E-state index in [1.165, 1.54) is 6.26 Å². The number of hydrogen-bond acceptors (Lipinski definition) is 4. The zero-order valence-electron chi connectivity index (χ0n) is 9.98. The smallest absolute Gasteiger partial charge is 0.252 e. The number of rotatable bonds is 2. The fourth-order valence-electron chi connectivity index (χ4n) is 2.33. The molecule has 5 heteroatoms. The van der Waals surface area contributed by atoms with Crippen molar-refractivity contribution in [3.63, 3.8) is 0 Å². The first-order chi connectivity index (χ1) is 8.75. The Hall–Kier alpha value is -2.01. The van der Waals surface area contributed by atoms with Gasteiger partial charge >= 0.3 is 0 Å². The number of nitrogens with zero attached hydrogens (tertiary/aromatic N) is 1. The highest BCUT2D eigenvalue weighted by molar-refractivity contribution is 6.05. The molecule has 3 rings (SSSR count). The SMILES string of the molecule is NC(=O)c1coc2ccc(N3CCNCC3)cc12. The Kier molecular flexibility index (Phi) is 2.68. The van der Waals surface area contributed by atoms with Crippen LogP contribution in [0.25, 0.3) is 11.0 Å². The van der Waals surface area contributed by atoms with Gasteiger partial charge in [0.15, 0.2) is 0 Å². The van der Waals surface area contributed by atoms with Gasteiger partial charge in [-0.2, -0.15) is 0 Å². The van der Waals surface area contributed by atoms with E-state index in [-0.39, 0.29) is 0 Å². The first-order valence-corrected chi connectivity index (χ1v) is 6.02. The predicted octanol–water partition coefficient (Wildman–Crippen LogP) is 0.941. The van der Waals surface area contributed by atoms with E-state index in [0.717, 1.165) is 37.3 Å². The lowest BCUT2D eigenvalue weighted by Crippen LogP contribution is -2.43. The molecular weight excluding hydrogens is 230 g/mol. The molecule has 0 atom stereocenters. The number of fused-ring (bicyclic) bond motifs is 1. The van der Waals surface area contributed by atoms with Gasteiger partial charge in [-0.05, 0) is 18.2 Å². The molecule has 1 aromatic heterocycles. The van der Waals surface area contributed by atoms with Crippen molar-refractivity contribution in [2.24, 2.45) is 5.73 Å². The van der Waals surface area contributed by atoms with Gasteiger partial charge in [0.1, 0.15) is 11.8 Å². The third-order valence-electron chi connectivity index (χ3n) is 3.30. The lowest BCUT2D eigenvalue weighted by atomic mass is 10.1. The molecule has 94 valence electrons. The van der Waals surface area contributed by atoms with Crippen molar-refractivity contribution in [1.82, 2.24) is 5.32 Å². The minimum Gasteiger partial charge on any atom is -0.463 e. The van der Waals surface area contributed by atoms with Crippen LogP contribution < -0.4 is 16.0 Å². The number of carbonyl (C=O) groups is 1. The quantitative estimate of drug-likeness (QED) is 0.826. The lowest BCUT2D eigenvalue weighted by Gasteiger charge is -2.29. The molecule has 2 heterocycles. The minimum atomic E-state index is -0.453. The molecule has 5 nitrogen and oxygen atoms in total. The van der Waals surface area contributed by atoms with Crippen molar-refractivity contribution < 1.29 is 9.21 Å². The van der Waals surface area contributed by atoms with Crippen LogP contribution in [-0.2, 0) is 0 Å². The first-order valence-electron chi connectivity index (χ1n) is 6.02. The van der Waals surface area contributed by atoms with Crippen LogP contribution in [0.5, 0.6) is 0 Å². The Labute approximate surface area is 105 Å². The van der Waals surface area contributed by atoms with Crippen molar-refractivity contribution in [2.45, 2.75) is 0 Å². The topological polar surface area (TPSA) is 71.5 Å². The number of carbonyl (C=O) groups excluding carboxylic acids is 1. The number of furan rings is 1. The second kappa shape index (κ2) is 4.34. The molecule has 18 heavy (non-hydrogen) atoms. The van der Waals surface area contributed by atoms with Crippen LogP contribution in [0.3, 0.4) is 0 Å². The van der Waals surface area contributed by atoms with E-state index in [1.54, 1.807) is 0 Å². The van der Waals surface area contributed by atoms with Crippen molar-refractivity contribution >= 4 is 22.6 Å². The Morgan fingerprint density at radius 3 is 2.83 bits per heavy atom. The van der Waals surface area contributed by atoms with Crippen LogP contribution in [0.1, 0.15) is 10.4 Å². The van der Waals surface area contributed by atoms with E-state index in [0.29, 0.717) is 11.1 Å². The van der Waals surface area contributed by atoms with E-state index in [2.05, 4.69) is 10.2 Å². The van der Waals surface area contributed by atoms with E-state index >= 15 is 0 Å². The second-order valence-corrected chi connectivity index (χ2v) is 4.43. The van der Waals surface area contributed by atoms with Gasteiger partial charge in [-0.1, -0.05) is 0 Å². The number of piperazine rings is 1. The summed E-state index contributed by atoms with van der Waals surface area (Å²) < 4.78 is 5.32. The summed E-state index contributed by atoms with van der Waals surface area (Å²) in [6.45, 7) is 3.89. The van der Waals surface area contributed by atoms with E-state index in [9.17, 15) is 4.79 Å². The average Bonchev–Trinajstić information content (AvgIpc) is 2.82. The molecule has 0 aliphatic carbocycles. The van der Waals surface area contributed by atoms with Crippen LogP contribution >= 0.6 is 0 Å². The molecule has 2 aromatic rings. The maximum atomic E-state index is 11.3. The summed E-state index contributed by atoms with van der Waals surface area (Å²) in [5, 5.41) is 4.10. The molecular formula is C13H15N3O2. The van der Waals surface area contributed by atoms with Gasteiger partial charge in [0.25, 0.3) is 5.91 Å². The first kappa shape index (κ1) is 11.1. The highest BCUT2D eigenvalue weighted by Gasteiger charge is 2.15. The Bertz CT molecular complexity index is 585. The molecule has 0 radical (unpaired) electrons. The summed E-state index contributed by atoms with van der Waals surface area (Å²) in [5.41, 5.74) is 7.58. The van der Waals surface area contributed by atoms with Gasteiger partial charge in [0, 0.05) is 37.3 Å². The van der Waals surface area contributed by atoms with E-state index < -0.39 is 5.91 Å². The number of primary amides is 1. The largest absolute Gasteiger partial charge is 0.463 e. The molecule has 0 spiro atoms. The van der Waals surface area contributed by atoms with Gasteiger partial charge in [0.2, 0.25) is 0 Å². The molecule has 0 unspecified atom stereocenters. The van der Waals surface area contributed by atoms with Crippen LogP contribution in [-0.4, -0.2) is 32.1 Å². The van der Waals surface area contributed by atoms with Gasteiger partial charge < -0.3 is 20.4 Å². The highest BCUT2D eigenvalue weighted by atomic mass is 16.3. The van der Waals surface area contributed by atoms with Gasteiger partial charge in [-0.15, -0.1) is 0 Å². The number of anilines is 1. The fourth-order valence-corrected chi connectivity index (χ4v) is 2.33. The highest BCUT2D eigenvalue weighted by Crippen LogP contribution is 2.26. The van der Waals surface area contributed by atoms with Crippen molar-refractivity contribution in [1.29, 1.82) is 0 Å². The Morgan fingerprint density at radius 1 is 1.33 bits per heavy atom. The summed E-state index contributed by atoms with van der Waals surface area (Å²) in [6.07, 6.45) is 1.43. The standard InChI is InChI=1S/C13H15N3O2/c14-13(17)11-8-18-12-2-1-9(7-10(11)12)16-5-3-15-4-6-16/h1-2,7-8,15H,3-6H2,(H2,14,17). The van der Waals surface area contributed by atoms with Crippen LogP contribution in [0, 0.1) is 0 Å². The van der Waals surface area contributed by atoms with Crippen LogP contribution in [0.15, 0.2) is 28.9 Å². The van der Waals surface area contributed by atoms with Gasteiger partial charge in [-0.3, -0.25) is 4.79 Å². The fraction of sp³-hybridized carbons (Fsp3) is 0.308. The van der Waals surface area contributed by atoms with Gasteiger partial charge in [0.05, 0.1) is 5.56 Å². The summed E-state index contributed by atoms with van der Waals surface area (Å²) in [5.74, 6) is -0.453. The summed E-state index contributed by atoms with van der Waals surface area (Å²) in [6, 6.07) is 5.88. The normalized spacial score (nSPS) is 16.1. The molecule has 0 bridgehead atoms. The minimum absolute atomic E-state index is 0.446. The Morgan fingerprint density at radius 2 is 2.11 bits per heavy atom. The van der Waals surface area contributed by atoms with E-state index in [4.69, 9.17) is 10.2 Å². The maximum absolute atomic E-state index is 11.3. The van der Waals surface area contributed by atoms with Crippen molar-refractivity contribution in [3.05, 3.63) is 30.0 Å². The Balaban J connectivity index is 2.03. The lowest BCUT2D eigenvalue weighted by molar-refractivity contribution is 0.100. The van der Waals surface area contributed by atoms with Crippen LogP contribution in [0.2, 0.25) is 0 Å². The number of amides is 1. The molecule has 1 aliphatic heterocycles. The van der Waals surface area contributed by atoms with E-state index in [1.807, 2.05) is 18.2 Å². The molecule has 1 aliphatic rings. The summed E-state index contributed by atoms with van der Waals surface area (Å²) in [7, 11) is 0. The molecule has 1 fully saturated rings. The van der Waals surface area contributed by atoms with Crippen LogP contribution in [0.4, 0.5) is 5.69 Å². The number of nitrogens with one attached hydrogen (secondary N) is 1. The predicted molar refractivity (Wildman–Crippen MR) is 69.8 cm³/mol. The third kappa shape index (κ3) is 1.82. The monoisotopic (exact) mass is 245 g/mol. The molecule has 0 saturated carbocycles. The molecule has 3 N–H and O–H groups in total. The molecule has 1 aromatic carbocycles. The van der Waals surface area contributed by atoms with Crippen molar-refractivity contribution in [2.75, 3.05) is 31.1 Å². The zero-order valence-corrected chi connectivity index (χ0v) is 9.98. The second-order valence-electron chi connectivity index (χ2n) is 4.43. The summed E-state index contributed by atoms with van der Waals surface area (Å²) >= 11 is 0. The van der Waals surface area contributed by atoms with Crippen molar-refractivity contribution in [3.8, 4) is 0 Å². The number of nitrogens with two attached hydrogens (primary N) is 1. The molecule has 1 saturated heterocycles. The molecule has 1 amide bonds. The number of benzene rings is 1. The maximum Gasteiger partial charge on any atom is 0.252 e. The average molecular weight is 245 g/mol. The third-order valence-corrected chi connectivity index (χ3v) is 3.30. The number of hydrogen-bond donors (Lipinski definition) is 2. The summed E-state index contributed by atoms with van der Waals surface area (Å²) in [4.78, 5) is 13.6.